The standard InChI is InChI=1S/C9H16N2/c10-9-7-1-6-2-8(9)5-11(3-6)4-7/h6-9H,1-5,10H2. The molecule has 0 aromatic carbocycles. The molecule has 62 valence electrons. The van der Waals surface area contributed by atoms with Gasteiger partial charge in [-0.05, 0) is 30.6 Å². The summed E-state index contributed by atoms with van der Waals surface area (Å²) < 4.78 is 0. The van der Waals surface area contributed by atoms with Crippen molar-refractivity contribution in [2.24, 2.45) is 23.5 Å². The fourth-order valence-corrected chi connectivity index (χ4v) is 3.45. The van der Waals surface area contributed by atoms with Crippen LogP contribution in [0.5, 0.6) is 0 Å². The molecule has 0 aromatic heterocycles. The van der Waals surface area contributed by atoms with Crippen molar-refractivity contribution in [3.8, 4) is 0 Å². The van der Waals surface area contributed by atoms with Gasteiger partial charge in [0.2, 0.25) is 0 Å². The average molecular weight is 152 g/mol. The van der Waals surface area contributed by atoms with Crippen molar-refractivity contribution in [1.82, 2.24) is 4.90 Å². The molecule has 4 bridgehead atoms. The fraction of sp³-hybridized carbons (Fsp3) is 1.00. The maximum Gasteiger partial charge on any atom is 0.0120 e. The van der Waals surface area contributed by atoms with E-state index in [-0.39, 0.29) is 0 Å². The molecule has 2 unspecified atom stereocenters. The lowest BCUT2D eigenvalue weighted by molar-refractivity contribution is -0.0328. The van der Waals surface area contributed by atoms with Gasteiger partial charge in [0.1, 0.15) is 0 Å². The molecule has 2 atom stereocenters. The molecular formula is C9H16N2. The summed E-state index contributed by atoms with van der Waals surface area (Å²) in [6.45, 7) is 3.97. The van der Waals surface area contributed by atoms with Crippen LogP contribution >= 0.6 is 0 Å². The highest BCUT2D eigenvalue weighted by Gasteiger charge is 2.45. The molecule has 3 heterocycles. The van der Waals surface area contributed by atoms with Crippen LogP contribution in [0.25, 0.3) is 0 Å². The first-order valence-corrected chi connectivity index (χ1v) is 4.81. The van der Waals surface area contributed by atoms with Crippen molar-refractivity contribution in [3.05, 3.63) is 0 Å². The Morgan fingerprint density at radius 3 is 2.18 bits per heavy atom. The molecular weight excluding hydrogens is 136 g/mol. The van der Waals surface area contributed by atoms with Crippen molar-refractivity contribution >= 4 is 0 Å². The zero-order valence-corrected chi connectivity index (χ0v) is 6.87. The van der Waals surface area contributed by atoms with E-state index >= 15 is 0 Å². The molecule has 4 fully saturated rings. The maximum absolute atomic E-state index is 6.14. The first-order valence-electron chi connectivity index (χ1n) is 4.81. The monoisotopic (exact) mass is 152 g/mol. The summed E-state index contributed by atoms with van der Waals surface area (Å²) >= 11 is 0. The van der Waals surface area contributed by atoms with E-state index in [4.69, 9.17) is 5.73 Å². The quantitative estimate of drug-likeness (QED) is 0.540. The Morgan fingerprint density at radius 2 is 1.64 bits per heavy atom. The molecule has 0 aromatic rings. The topological polar surface area (TPSA) is 29.3 Å². The molecule has 2 nitrogen and oxygen atoms in total. The van der Waals surface area contributed by atoms with Gasteiger partial charge in [-0.2, -0.15) is 0 Å². The molecule has 3 aliphatic heterocycles. The molecule has 0 spiro atoms. The second kappa shape index (κ2) is 1.99. The zero-order chi connectivity index (χ0) is 7.42. The van der Waals surface area contributed by atoms with Crippen molar-refractivity contribution in [2.75, 3.05) is 19.6 Å². The Balaban J connectivity index is 1.91. The van der Waals surface area contributed by atoms with E-state index in [0.29, 0.717) is 6.04 Å². The molecule has 0 radical (unpaired) electrons. The number of hydrogen-bond donors (Lipinski definition) is 1. The molecule has 0 amide bonds. The smallest absolute Gasteiger partial charge is 0.0120 e. The van der Waals surface area contributed by atoms with Crippen LogP contribution in [0.1, 0.15) is 12.8 Å². The third-order valence-electron chi connectivity index (χ3n) is 3.86. The van der Waals surface area contributed by atoms with Gasteiger partial charge in [-0.1, -0.05) is 0 Å². The third-order valence-corrected chi connectivity index (χ3v) is 3.86. The van der Waals surface area contributed by atoms with Crippen molar-refractivity contribution in [3.63, 3.8) is 0 Å². The lowest BCUT2D eigenvalue weighted by Gasteiger charge is -2.54. The summed E-state index contributed by atoms with van der Waals surface area (Å²) in [5.41, 5.74) is 6.14. The second-order valence-electron chi connectivity index (χ2n) is 4.65. The number of nitrogens with two attached hydrogens (primary N) is 1. The summed E-state index contributed by atoms with van der Waals surface area (Å²) in [5.74, 6) is 2.70. The minimum Gasteiger partial charge on any atom is -0.327 e. The summed E-state index contributed by atoms with van der Waals surface area (Å²) in [7, 11) is 0. The van der Waals surface area contributed by atoms with Crippen LogP contribution in [0.15, 0.2) is 0 Å². The van der Waals surface area contributed by atoms with Crippen LogP contribution in [0, 0.1) is 17.8 Å². The predicted molar refractivity (Wildman–Crippen MR) is 44.1 cm³/mol. The number of rotatable bonds is 0. The van der Waals surface area contributed by atoms with Gasteiger partial charge in [0.15, 0.2) is 0 Å². The fourth-order valence-electron chi connectivity index (χ4n) is 3.45. The van der Waals surface area contributed by atoms with E-state index in [0.717, 1.165) is 17.8 Å². The van der Waals surface area contributed by atoms with Gasteiger partial charge in [-0.25, -0.2) is 0 Å². The summed E-state index contributed by atoms with van der Waals surface area (Å²) in [6, 6.07) is 0.544. The van der Waals surface area contributed by atoms with Gasteiger partial charge in [-0.3, -0.25) is 0 Å². The van der Waals surface area contributed by atoms with Crippen LogP contribution in [-0.2, 0) is 0 Å². The van der Waals surface area contributed by atoms with E-state index in [9.17, 15) is 0 Å². The van der Waals surface area contributed by atoms with Crippen LogP contribution in [0.3, 0.4) is 0 Å². The Morgan fingerprint density at radius 1 is 1.00 bits per heavy atom. The number of nitrogens with zero attached hydrogens (tertiary/aromatic N) is 1. The first kappa shape index (κ1) is 6.44. The lowest BCUT2D eigenvalue weighted by Crippen LogP contribution is -2.62. The predicted octanol–water partition coefficient (Wildman–Crippen LogP) is 0.285. The first-order chi connectivity index (χ1) is 5.33. The average Bonchev–Trinajstić information content (AvgIpc) is 1.98. The SMILES string of the molecule is NC1C2CC3CC1CN(C3)C2. The van der Waals surface area contributed by atoms with Crippen LogP contribution in [0.2, 0.25) is 0 Å². The highest BCUT2D eigenvalue weighted by Crippen LogP contribution is 2.42. The summed E-state index contributed by atoms with van der Waals surface area (Å²) in [6.07, 6.45) is 2.85. The van der Waals surface area contributed by atoms with E-state index in [1.807, 2.05) is 0 Å². The maximum atomic E-state index is 6.14. The van der Waals surface area contributed by atoms with Crippen LogP contribution in [0.4, 0.5) is 0 Å². The lowest BCUT2D eigenvalue weighted by atomic mass is 9.65. The molecule has 3 saturated heterocycles. The van der Waals surface area contributed by atoms with Gasteiger partial charge in [0.25, 0.3) is 0 Å². The van der Waals surface area contributed by atoms with Crippen molar-refractivity contribution in [2.45, 2.75) is 18.9 Å². The number of hydrogen-bond acceptors (Lipinski definition) is 2. The van der Waals surface area contributed by atoms with E-state index in [1.165, 1.54) is 32.5 Å². The molecule has 2 N–H and O–H groups in total. The number of piperidine rings is 3. The van der Waals surface area contributed by atoms with E-state index in [1.54, 1.807) is 0 Å². The Bertz CT molecular complexity index is 150. The Kier molecular flexibility index (Phi) is 1.16. The molecule has 1 saturated carbocycles. The van der Waals surface area contributed by atoms with Gasteiger partial charge < -0.3 is 10.6 Å². The Labute approximate surface area is 67.7 Å². The molecule has 4 aliphatic rings. The summed E-state index contributed by atoms with van der Waals surface area (Å²) in [5, 5.41) is 0. The minimum absolute atomic E-state index is 0.544. The van der Waals surface area contributed by atoms with Crippen molar-refractivity contribution in [1.29, 1.82) is 0 Å². The molecule has 1 aliphatic carbocycles. The zero-order valence-electron chi connectivity index (χ0n) is 6.87. The van der Waals surface area contributed by atoms with E-state index in [2.05, 4.69) is 4.90 Å². The van der Waals surface area contributed by atoms with Crippen LogP contribution < -0.4 is 5.73 Å². The Hall–Kier alpha value is -0.0800. The normalized spacial score (nSPS) is 60.3. The van der Waals surface area contributed by atoms with Crippen molar-refractivity contribution < 1.29 is 0 Å². The molecule has 2 heteroatoms. The highest BCUT2D eigenvalue weighted by atomic mass is 15.2. The van der Waals surface area contributed by atoms with E-state index < -0.39 is 0 Å². The van der Waals surface area contributed by atoms with Gasteiger partial charge >= 0.3 is 0 Å². The largest absolute Gasteiger partial charge is 0.327 e. The third kappa shape index (κ3) is 0.798. The van der Waals surface area contributed by atoms with Crippen LogP contribution in [-0.4, -0.2) is 30.6 Å². The van der Waals surface area contributed by atoms with Gasteiger partial charge in [-0.15, -0.1) is 0 Å². The minimum atomic E-state index is 0.544. The van der Waals surface area contributed by atoms with Gasteiger partial charge in [0, 0.05) is 25.7 Å². The van der Waals surface area contributed by atoms with Gasteiger partial charge in [0.05, 0.1) is 0 Å². The highest BCUT2D eigenvalue weighted by molar-refractivity contribution is 5.00. The molecule has 4 rings (SSSR count). The summed E-state index contributed by atoms with van der Waals surface area (Å²) in [4.78, 5) is 2.62. The molecule has 11 heavy (non-hydrogen) atoms. The second-order valence-corrected chi connectivity index (χ2v) is 4.65.